The fraction of sp³-hybridized carbons (Fsp3) is 0.375. The van der Waals surface area contributed by atoms with Crippen LogP contribution in [0.15, 0.2) is 72.8 Å². The second-order valence-electron chi connectivity index (χ2n) is 10.7. The fourth-order valence-corrected chi connectivity index (χ4v) is 5.75. The molecule has 3 aromatic rings. The number of amides is 2. The van der Waals surface area contributed by atoms with Gasteiger partial charge < -0.3 is 19.7 Å². The van der Waals surface area contributed by atoms with Gasteiger partial charge in [0.05, 0.1) is 11.4 Å². The monoisotopic (exact) mass is 611 g/mol. The number of benzene rings is 3. The van der Waals surface area contributed by atoms with Gasteiger partial charge in [0.15, 0.2) is 11.5 Å². The Bertz CT molecular complexity index is 1520. The van der Waals surface area contributed by atoms with Crippen molar-refractivity contribution in [3.05, 3.63) is 89.7 Å². The molecule has 1 aliphatic rings. The van der Waals surface area contributed by atoms with Crippen LogP contribution in [0.5, 0.6) is 11.5 Å². The van der Waals surface area contributed by atoms with E-state index in [2.05, 4.69) is 5.32 Å². The van der Waals surface area contributed by atoms with Crippen molar-refractivity contribution in [2.24, 2.45) is 5.92 Å². The third kappa shape index (κ3) is 8.25. The van der Waals surface area contributed by atoms with Gasteiger partial charge in [0.25, 0.3) is 0 Å². The van der Waals surface area contributed by atoms with E-state index in [-0.39, 0.29) is 35.9 Å². The maximum atomic E-state index is 14.9. The largest absolute Gasteiger partial charge is 0.486 e. The predicted octanol–water partition coefficient (Wildman–Crippen LogP) is 4.17. The van der Waals surface area contributed by atoms with Crippen LogP contribution in [-0.2, 0) is 32.6 Å². The van der Waals surface area contributed by atoms with Gasteiger partial charge in [-0.2, -0.15) is 0 Å². The van der Waals surface area contributed by atoms with E-state index in [9.17, 15) is 22.4 Å². The molecule has 0 fully saturated rings. The van der Waals surface area contributed by atoms with Crippen LogP contribution in [0.25, 0.3) is 0 Å². The van der Waals surface area contributed by atoms with E-state index in [1.54, 1.807) is 30.3 Å². The van der Waals surface area contributed by atoms with Gasteiger partial charge in [-0.1, -0.05) is 62.4 Å². The smallest absolute Gasteiger partial charge is 0.244 e. The summed E-state index contributed by atoms with van der Waals surface area (Å²) in [6, 6.07) is 18.8. The van der Waals surface area contributed by atoms with E-state index in [0.717, 1.165) is 9.87 Å². The molecule has 11 heteroatoms. The number of carbonyl (C=O) groups excluding carboxylic acids is 2. The Balaban J connectivity index is 1.75. The highest BCUT2D eigenvalue weighted by molar-refractivity contribution is 7.92. The number of anilines is 1. The molecule has 1 heterocycles. The highest BCUT2D eigenvalue weighted by Gasteiger charge is 2.34. The number of fused-ring (bicyclic) bond motifs is 1. The molecule has 0 saturated carbocycles. The molecule has 0 bridgehead atoms. The number of hydrogen-bond donors (Lipinski definition) is 1. The summed E-state index contributed by atoms with van der Waals surface area (Å²) in [7, 11) is -3.96. The maximum absolute atomic E-state index is 14.9. The van der Waals surface area contributed by atoms with Crippen molar-refractivity contribution in [1.82, 2.24) is 10.2 Å². The van der Waals surface area contributed by atoms with Gasteiger partial charge >= 0.3 is 0 Å². The van der Waals surface area contributed by atoms with Gasteiger partial charge in [0.2, 0.25) is 21.8 Å². The summed E-state index contributed by atoms with van der Waals surface area (Å²) < 4.78 is 53.9. The summed E-state index contributed by atoms with van der Waals surface area (Å²) in [6.07, 6.45) is 0.148. The molecule has 43 heavy (non-hydrogen) atoms. The summed E-state index contributed by atoms with van der Waals surface area (Å²) in [5, 5.41) is 2.91. The predicted molar refractivity (Wildman–Crippen MR) is 163 cm³/mol. The second kappa shape index (κ2) is 14.4. The van der Waals surface area contributed by atoms with Crippen molar-refractivity contribution in [2.45, 2.75) is 39.8 Å². The van der Waals surface area contributed by atoms with Crippen LogP contribution in [0.2, 0.25) is 0 Å². The third-order valence-electron chi connectivity index (χ3n) is 7.05. The van der Waals surface area contributed by atoms with E-state index in [0.29, 0.717) is 31.3 Å². The van der Waals surface area contributed by atoms with Gasteiger partial charge in [0.1, 0.15) is 31.6 Å². The number of sulfonamides is 1. The zero-order valence-corrected chi connectivity index (χ0v) is 25.5. The van der Waals surface area contributed by atoms with E-state index < -0.39 is 40.2 Å². The lowest BCUT2D eigenvalue weighted by Crippen LogP contribution is -2.54. The highest BCUT2D eigenvalue weighted by atomic mass is 32.2. The zero-order chi connectivity index (χ0) is 31.0. The summed E-state index contributed by atoms with van der Waals surface area (Å²) in [5.74, 6) is -0.887. The van der Waals surface area contributed by atoms with Crippen molar-refractivity contribution in [2.75, 3.05) is 36.4 Å². The normalized spacial score (nSPS) is 13.3. The first-order valence-electron chi connectivity index (χ1n) is 14.3. The number of rotatable bonds is 13. The average molecular weight is 612 g/mol. The minimum atomic E-state index is -3.96. The van der Waals surface area contributed by atoms with Crippen LogP contribution < -0.4 is 19.1 Å². The molecule has 4 rings (SSSR count). The molecule has 0 aliphatic carbocycles. The molecule has 9 nitrogen and oxygen atoms in total. The second-order valence-corrected chi connectivity index (χ2v) is 12.9. The number of halogens is 1. The first-order valence-corrected chi connectivity index (χ1v) is 15.9. The first-order chi connectivity index (χ1) is 20.6. The standard InChI is InChI=1S/C32H38FN3O6S/c1-4-43(39,40)36(26-14-15-29-30(19-26)42-17-16-41-29)22-31(37)35(21-25-12-8-9-13-27(25)33)28(32(38)34-20-23(2)3)18-24-10-6-5-7-11-24/h5-15,19,23,28H,4,16-18,20-22H2,1-3H3,(H,34,38)/t28-/m0/s1. The molecule has 0 radical (unpaired) electrons. The van der Waals surface area contributed by atoms with Crippen LogP contribution >= 0.6 is 0 Å². The Hall–Kier alpha value is -4.12. The van der Waals surface area contributed by atoms with Crippen LogP contribution in [0, 0.1) is 11.7 Å². The van der Waals surface area contributed by atoms with Crippen molar-refractivity contribution < 1.29 is 31.9 Å². The molecule has 0 spiro atoms. The molecule has 3 aromatic carbocycles. The van der Waals surface area contributed by atoms with Gasteiger partial charge in [-0.05, 0) is 36.6 Å². The zero-order valence-electron chi connectivity index (χ0n) is 24.7. The van der Waals surface area contributed by atoms with Gasteiger partial charge in [-0.25, -0.2) is 12.8 Å². The molecular weight excluding hydrogens is 573 g/mol. The number of carbonyl (C=O) groups is 2. The van der Waals surface area contributed by atoms with E-state index >= 15 is 0 Å². The molecule has 230 valence electrons. The van der Waals surface area contributed by atoms with Gasteiger partial charge in [-0.15, -0.1) is 0 Å². The molecule has 0 unspecified atom stereocenters. The molecule has 2 amide bonds. The minimum absolute atomic E-state index is 0.148. The average Bonchev–Trinajstić information content (AvgIpc) is 3.01. The summed E-state index contributed by atoms with van der Waals surface area (Å²) in [4.78, 5) is 29.2. The summed E-state index contributed by atoms with van der Waals surface area (Å²) in [5.41, 5.74) is 1.22. The number of ether oxygens (including phenoxy) is 2. The Morgan fingerprint density at radius 1 is 0.953 bits per heavy atom. The van der Waals surface area contributed by atoms with Gasteiger partial charge in [-0.3, -0.25) is 13.9 Å². The fourth-order valence-electron chi connectivity index (χ4n) is 4.69. The van der Waals surface area contributed by atoms with Crippen LogP contribution in [0.3, 0.4) is 0 Å². The third-order valence-corrected chi connectivity index (χ3v) is 8.79. The Morgan fingerprint density at radius 2 is 1.63 bits per heavy atom. The topological polar surface area (TPSA) is 105 Å². The van der Waals surface area contributed by atoms with E-state index in [4.69, 9.17) is 9.47 Å². The van der Waals surface area contributed by atoms with Crippen LogP contribution in [0.1, 0.15) is 31.9 Å². The van der Waals surface area contributed by atoms with Crippen LogP contribution in [-0.4, -0.2) is 63.2 Å². The van der Waals surface area contributed by atoms with Crippen molar-refractivity contribution in [3.63, 3.8) is 0 Å². The highest BCUT2D eigenvalue weighted by Crippen LogP contribution is 2.35. The number of hydrogen-bond acceptors (Lipinski definition) is 6. The Morgan fingerprint density at radius 3 is 2.30 bits per heavy atom. The molecule has 0 aromatic heterocycles. The number of nitrogens with one attached hydrogen (secondary N) is 1. The summed E-state index contributed by atoms with van der Waals surface area (Å²) in [6.45, 7) is 5.60. The van der Waals surface area contributed by atoms with E-state index in [1.165, 1.54) is 24.0 Å². The Labute approximate surface area is 252 Å². The maximum Gasteiger partial charge on any atom is 0.244 e. The molecule has 1 aliphatic heterocycles. The molecule has 1 atom stereocenters. The molecular formula is C32H38FN3O6S. The Kier molecular flexibility index (Phi) is 10.6. The lowest BCUT2D eigenvalue weighted by Gasteiger charge is -2.34. The number of nitrogens with zero attached hydrogens (tertiary/aromatic N) is 2. The van der Waals surface area contributed by atoms with Crippen molar-refractivity contribution >= 4 is 27.5 Å². The summed E-state index contributed by atoms with van der Waals surface area (Å²) >= 11 is 0. The lowest BCUT2D eigenvalue weighted by molar-refractivity contribution is -0.140. The SMILES string of the molecule is CCS(=O)(=O)N(CC(=O)N(Cc1ccccc1F)[C@@H](Cc1ccccc1)C(=O)NCC(C)C)c1ccc2c(c1)OCCO2. The lowest BCUT2D eigenvalue weighted by atomic mass is 10.0. The van der Waals surface area contributed by atoms with E-state index in [1.807, 2.05) is 44.2 Å². The minimum Gasteiger partial charge on any atom is -0.486 e. The van der Waals surface area contributed by atoms with Crippen molar-refractivity contribution in [1.29, 1.82) is 0 Å². The quantitative estimate of drug-likeness (QED) is 0.311. The van der Waals surface area contributed by atoms with Crippen LogP contribution in [0.4, 0.5) is 10.1 Å². The first kappa shape index (κ1) is 31.8. The van der Waals surface area contributed by atoms with Gasteiger partial charge in [0, 0.05) is 31.1 Å². The van der Waals surface area contributed by atoms with Crippen molar-refractivity contribution in [3.8, 4) is 11.5 Å². The molecule has 0 saturated heterocycles. The molecule has 1 N–H and O–H groups in total.